The summed E-state index contributed by atoms with van der Waals surface area (Å²) in [6, 6.07) is 0. The second-order valence-electron chi connectivity index (χ2n) is 4.27. The van der Waals surface area contributed by atoms with Gasteiger partial charge in [0.05, 0.1) is 6.61 Å². The van der Waals surface area contributed by atoms with Crippen LogP contribution in [0.2, 0.25) is 0 Å². The number of amides is 1. The SMILES string of the molecule is CCCCCCCC(=O)NCCCOCCN. The Morgan fingerprint density at radius 3 is 2.59 bits per heavy atom. The Hall–Kier alpha value is -0.610. The highest BCUT2D eigenvalue weighted by molar-refractivity contribution is 5.75. The first-order valence-corrected chi connectivity index (χ1v) is 6.85. The van der Waals surface area contributed by atoms with E-state index in [0.717, 1.165) is 12.8 Å². The molecule has 0 aliphatic rings. The van der Waals surface area contributed by atoms with E-state index < -0.39 is 0 Å². The van der Waals surface area contributed by atoms with E-state index >= 15 is 0 Å². The Kier molecular flexibility index (Phi) is 13.0. The zero-order valence-corrected chi connectivity index (χ0v) is 11.2. The number of unbranched alkanes of at least 4 members (excludes halogenated alkanes) is 4. The average Bonchev–Trinajstić information content (AvgIpc) is 2.33. The monoisotopic (exact) mass is 244 g/mol. The Labute approximate surface area is 105 Å². The fourth-order valence-electron chi connectivity index (χ4n) is 1.56. The van der Waals surface area contributed by atoms with Crippen molar-refractivity contribution in [1.82, 2.24) is 5.32 Å². The molecule has 0 fully saturated rings. The summed E-state index contributed by atoms with van der Waals surface area (Å²) in [5.41, 5.74) is 5.29. The van der Waals surface area contributed by atoms with Gasteiger partial charge in [0, 0.05) is 26.1 Å². The first-order valence-electron chi connectivity index (χ1n) is 6.85. The lowest BCUT2D eigenvalue weighted by atomic mass is 10.1. The summed E-state index contributed by atoms with van der Waals surface area (Å²) < 4.78 is 5.21. The molecule has 0 rings (SSSR count). The summed E-state index contributed by atoms with van der Waals surface area (Å²) in [6.45, 7) is 4.74. The largest absolute Gasteiger partial charge is 0.380 e. The van der Waals surface area contributed by atoms with E-state index in [9.17, 15) is 4.79 Å². The minimum atomic E-state index is 0.167. The minimum Gasteiger partial charge on any atom is -0.380 e. The molecule has 0 atom stereocenters. The maximum atomic E-state index is 11.4. The zero-order chi connectivity index (χ0) is 12.8. The number of hydrogen-bond acceptors (Lipinski definition) is 3. The van der Waals surface area contributed by atoms with E-state index in [1.807, 2.05) is 0 Å². The number of hydrogen-bond donors (Lipinski definition) is 2. The summed E-state index contributed by atoms with van der Waals surface area (Å²) >= 11 is 0. The molecule has 4 nitrogen and oxygen atoms in total. The van der Waals surface area contributed by atoms with Gasteiger partial charge in [-0.1, -0.05) is 32.6 Å². The van der Waals surface area contributed by atoms with Gasteiger partial charge in [-0.3, -0.25) is 4.79 Å². The van der Waals surface area contributed by atoms with Crippen LogP contribution < -0.4 is 11.1 Å². The van der Waals surface area contributed by atoms with E-state index in [4.69, 9.17) is 10.5 Å². The first-order chi connectivity index (χ1) is 8.31. The molecule has 0 aliphatic heterocycles. The highest BCUT2D eigenvalue weighted by atomic mass is 16.5. The maximum absolute atomic E-state index is 11.4. The van der Waals surface area contributed by atoms with E-state index in [1.54, 1.807) is 0 Å². The van der Waals surface area contributed by atoms with E-state index in [0.29, 0.717) is 32.7 Å². The Morgan fingerprint density at radius 1 is 1.12 bits per heavy atom. The third-order valence-corrected chi connectivity index (χ3v) is 2.56. The molecule has 102 valence electrons. The summed E-state index contributed by atoms with van der Waals surface area (Å²) in [5, 5.41) is 2.90. The number of rotatable bonds is 12. The lowest BCUT2D eigenvalue weighted by Gasteiger charge is -2.05. The van der Waals surface area contributed by atoms with Crippen molar-refractivity contribution in [1.29, 1.82) is 0 Å². The smallest absolute Gasteiger partial charge is 0.219 e. The number of carbonyl (C=O) groups is 1. The van der Waals surface area contributed by atoms with Crippen LogP contribution in [-0.2, 0) is 9.53 Å². The molecule has 0 unspecified atom stereocenters. The molecule has 3 N–H and O–H groups in total. The molecule has 4 heteroatoms. The van der Waals surface area contributed by atoms with Crippen LogP contribution in [0.5, 0.6) is 0 Å². The molecule has 0 aromatic rings. The standard InChI is InChI=1S/C13H28N2O2/c1-2-3-4-5-6-8-13(16)15-10-7-11-17-12-9-14/h2-12,14H2,1H3,(H,15,16). The van der Waals surface area contributed by atoms with Gasteiger partial charge in [0.2, 0.25) is 5.91 Å². The Bertz CT molecular complexity index is 175. The van der Waals surface area contributed by atoms with E-state index in [2.05, 4.69) is 12.2 Å². The number of carbonyl (C=O) groups excluding carboxylic acids is 1. The van der Waals surface area contributed by atoms with Gasteiger partial charge in [-0.25, -0.2) is 0 Å². The number of ether oxygens (including phenoxy) is 1. The fraction of sp³-hybridized carbons (Fsp3) is 0.923. The molecule has 0 heterocycles. The van der Waals surface area contributed by atoms with Gasteiger partial charge in [0.1, 0.15) is 0 Å². The van der Waals surface area contributed by atoms with E-state index in [-0.39, 0.29) is 5.91 Å². The van der Waals surface area contributed by atoms with Gasteiger partial charge in [-0.05, 0) is 12.8 Å². The summed E-state index contributed by atoms with van der Waals surface area (Å²) in [7, 11) is 0. The molecule has 0 aliphatic carbocycles. The van der Waals surface area contributed by atoms with Crippen LogP contribution in [0.4, 0.5) is 0 Å². The van der Waals surface area contributed by atoms with Crippen molar-refractivity contribution < 1.29 is 9.53 Å². The van der Waals surface area contributed by atoms with Gasteiger partial charge in [-0.15, -0.1) is 0 Å². The zero-order valence-electron chi connectivity index (χ0n) is 11.2. The first kappa shape index (κ1) is 16.4. The highest BCUT2D eigenvalue weighted by Crippen LogP contribution is 2.04. The second kappa shape index (κ2) is 13.5. The quantitative estimate of drug-likeness (QED) is 0.515. The van der Waals surface area contributed by atoms with Crippen LogP contribution in [0.1, 0.15) is 51.9 Å². The summed E-state index contributed by atoms with van der Waals surface area (Å²) in [5.74, 6) is 0.167. The molecular formula is C13H28N2O2. The van der Waals surface area contributed by atoms with Crippen LogP contribution in [0, 0.1) is 0 Å². The number of nitrogens with one attached hydrogen (secondary N) is 1. The molecule has 0 aromatic heterocycles. The predicted molar refractivity (Wildman–Crippen MR) is 70.9 cm³/mol. The third-order valence-electron chi connectivity index (χ3n) is 2.56. The predicted octanol–water partition coefficient (Wildman–Crippen LogP) is 1.83. The van der Waals surface area contributed by atoms with Gasteiger partial charge in [0.25, 0.3) is 0 Å². The molecule has 0 saturated heterocycles. The van der Waals surface area contributed by atoms with Crippen molar-refractivity contribution in [3.05, 3.63) is 0 Å². The molecule has 0 saturated carbocycles. The molecule has 0 spiro atoms. The van der Waals surface area contributed by atoms with E-state index in [1.165, 1.54) is 25.7 Å². The normalized spacial score (nSPS) is 10.5. The Balaban J connectivity index is 3.12. The van der Waals surface area contributed by atoms with Crippen LogP contribution in [0.3, 0.4) is 0 Å². The van der Waals surface area contributed by atoms with Crippen LogP contribution >= 0.6 is 0 Å². The maximum Gasteiger partial charge on any atom is 0.219 e. The minimum absolute atomic E-state index is 0.167. The van der Waals surface area contributed by atoms with Crippen LogP contribution in [0.15, 0.2) is 0 Å². The fourth-order valence-corrected chi connectivity index (χ4v) is 1.56. The summed E-state index contributed by atoms with van der Waals surface area (Å²) in [6.07, 6.45) is 7.47. The van der Waals surface area contributed by atoms with Crippen molar-refractivity contribution in [2.24, 2.45) is 5.73 Å². The lowest BCUT2D eigenvalue weighted by Crippen LogP contribution is -2.25. The highest BCUT2D eigenvalue weighted by Gasteiger charge is 1.99. The van der Waals surface area contributed by atoms with Crippen molar-refractivity contribution in [2.75, 3.05) is 26.3 Å². The molecule has 0 radical (unpaired) electrons. The topological polar surface area (TPSA) is 64.3 Å². The molecule has 17 heavy (non-hydrogen) atoms. The van der Waals surface area contributed by atoms with Crippen molar-refractivity contribution in [3.8, 4) is 0 Å². The van der Waals surface area contributed by atoms with Crippen molar-refractivity contribution in [2.45, 2.75) is 51.9 Å². The van der Waals surface area contributed by atoms with Gasteiger partial charge >= 0.3 is 0 Å². The molecule has 0 aromatic carbocycles. The molecule has 1 amide bonds. The molecular weight excluding hydrogens is 216 g/mol. The van der Waals surface area contributed by atoms with Gasteiger partial charge in [-0.2, -0.15) is 0 Å². The lowest BCUT2D eigenvalue weighted by molar-refractivity contribution is -0.121. The van der Waals surface area contributed by atoms with Gasteiger partial charge < -0.3 is 15.8 Å². The summed E-state index contributed by atoms with van der Waals surface area (Å²) in [4.78, 5) is 11.4. The van der Waals surface area contributed by atoms with Gasteiger partial charge in [0.15, 0.2) is 0 Å². The van der Waals surface area contributed by atoms with Crippen LogP contribution in [-0.4, -0.2) is 32.2 Å². The second-order valence-corrected chi connectivity index (χ2v) is 4.27. The van der Waals surface area contributed by atoms with Crippen molar-refractivity contribution in [3.63, 3.8) is 0 Å². The Morgan fingerprint density at radius 2 is 1.88 bits per heavy atom. The number of nitrogens with two attached hydrogens (primary N) is 1. The van der Waals surface area contributed by atoms with Crippen LogP contribution in [0.25, 0.3) is 0 Å². The average molecular weight is 244 g/mol. The van der Waals surface area contributed by atoms with Crippen molar-refractivity contribution >= 4 is 5.91 Å². The third kappa shape index (κ3) is 13.3. The molecule has 0 bridgehead atoms.